The Balaban J connectivity index is 2.20. The molecule has 112 valence electrons. The molecule has 7 nitrogen and oxygen atoms in total. The zero-order valence-corrected chi connectivity index (χ0v) is 12.5. The van der Waals surface area contributed by atoms with Gasteiger partial charge in [-0.05, 0) is 20.3 Å². The van der Waals surface area contributed by atoms with Crippen molar-refractivity contribution in [2.75, 3.05) is 6.54 Å². The highest BCUT2D eigenvalue weighted by Crippen LogP contribution is 2.18. The average molecular weight is 309 g/mol. The second-order valence-corrected chi connectivity index (χ2v) is 5.77. The Morgan fingerprint density at radius 2 is 2.14 bits per heavy atom. The van der Waals surface area contributed by atoms with Crippen molar-refractivity contribution in [3.63, 3.8) is 0 Å². The summed E-state index contributed by atoms with van der Waals surface area (Å²) in [5.74, 6) is -1.45. The number of rotatable bonds is 5. The van der Waals surface area contributed by atoms with Gasteiger partial charge in [-0.3, -0.25) is 18.8 Å². The second-order valence-electron chi connectivity index (χ2n) is 4.59. The Labute approximate surface area is 124 Å². The van der Waals surface area contributed by atoms with Gasteiger partial charge in [0.25, 0.3) is 11.5 Å². The Morgan fingerprint density at radius 1 is 1.43 bits per heavy atom. The lowest BCUT2D eigenvalue weighted by molar-refractivity contribution is -0.137. The third-order valence-electron chi connectivity index (χ3n) is 3.12. The fraction of sp³-hybridized carbons (Fsp3) is 0.385. The average Bonchev–Trinajstić information content (AvgIpc) is 2.71. The maximum absolute atomic E-state index is 12.3. The number of hydrogen-bond donors (Lipinski definition) is 2. The molecule has 0 aliphatic carbocycles. The number of aromatic nitrogens is 2. The smallest absolute Gasteiger partial charge is 0.303 e. The lowest BCUT2D eigenvalue weighted by Gasteiger charge is -2.04. The van der Waals surface area contributed by atoms with E-state index in [4.69, 9.17) is 5.11 Å². The van der Waals surface area contributed by atoms with Crippen molar-refractivity contribution >= 4 is 28.2 Å². The molecule has 0 radical (unpaired) electrons. The van der Waals surface area contributed by atoms with Gasteiger partial charge in [-0.1, -0.05) is 0 Å². The maximum Gasteiger partial charge on any atom is 0.303 e. The summed E-state index contributed by atoms with van der Waals surface area (Å²) in [5, 5.41) is 11.1. The number of carboxylic acid groups (broad SMARTS) is 1. The molecule has 2 rings (SSSR count). The van der Waals surface area contributed by atoms with E-state index < -0.39 is 17.4 Å². The molecule has 0 bridgehead atoms. The number of carbonyl (C=O) groups is 2. The molecule has 0 saturated carbocycles. The zero-order chi connectivity index (χ0) is 15.6. The predicted octanol–water partition coefficient (Wildman–Crippen LogP) is 0.967. The fourth-order valence-corrected chi connectivity index (χ4v) is 2.80. The van der Waals surface area contributed by atoms with Crippen molar-refractivity contribution in [3.05, 3.63) is 32.7 Å². The summed E-state index contributed by atoms with van der Waals surface area (Å²) < 4.78 is 1.42. The van der Waals surface area contributed by atoms with E-state index in [0.29, 0.717) is 11.4 Å². The van der Waals surface area contributed by atoms with Gasteiger partial charge in [0.2, 0.25) is 0 Å². The Bertz CT molecular complexity index is 763. The van der Waals surface area contributed by atoms with Gasteiger partial charge in [0.15, 0.2) is 4.96 Å². The number of fused-ring (bicyclic) bond motifs is 1. The Hall–Kier alpha value is -2.22. The zero-order valence-electron chi connectivity index (χ0n) is 11.7. The first-order chi connectivity index (χ1) is 9.91. The molecule has 0 spiro atoms. The monoisotopic (exact) mass is 309 g/mol. The van der Waals surface area contributed by atoms with Crippen molar-refractivity contribution in [2.24, 2.45) is 0 Å². The van der Waals surface area contributed by atoms with Crippen LogP contribution in [0.1, 0.15) is 33.8 Å². The summed E-state index contributed by atoms with van der Waals surface area (Å²) in [6.07, 6.45) is 1.55. The van der Waals surface area contributed by atoms with Gasteiger partial charge >= 0.3 is 5.97 Å². The highest BCUT2D eigenvalue weighted by atomic mass is 32.1. The van der Waals surface area contributed by atoms with Gasteiger partial charge in [0.05, 0.1) is 0 Å². The highest BCUT2D eigenvalue weighted by Gasteiger charge is 2.16. The summed E-state index contributed by atoms with van der Waals surface area (Å²) in [7, 11) is 0. The summed E-state index contributed by atoms with van der Waals surface area (Å²) in [6, 6.07) is 0. The van der Waals surface area contributed by atoms with Crippen LogP contribution in [0.5, 0.6) is 0 Å². The molecule has 0 aliphatic rings. The molecular weight excluding hydrogens is 294 g/mol. The lowest BCUT2D eigenvalue weighted by Crippen LogP contribution is -2.32. The van der Waals surface area contributed by atoms with E-state index in [0.717, 1.165) is 10.6 Å². The van der Waals surface area contributed by atoms with Crippen molar-refractivity contribution in [1.29, 1.82) is 0 Å². The van der Waals surface area contributed by atoms with E-state index in [1.165, 1.54) is 21.9 Å². The van der Waals surface area contributed by atoms with E-state index in [1.807, 2.05) is 6.92 Å². The minimum Gasteiger partial charge on any atom is -0.481 e. The lowest BCUT2D eigenvalue weighted by atomic mass is 10.2. The minimum absolute atomic E-state index is 0.0284. The van der Waals surface area contributed by atoms with Crippen molar-refractivity contribution in [3.8, 4) is 0 Å². The van der Waals surface area contributed by atoms with E-state index in [9.17, 15) is 14.4 Å². The number of nitrogens with one attached hydrogen (secondary N) is 1. The molecule has 0 saturated heterocycles. The van der Waals surface area contributed by atoms with E-state index >= 15 is 0 Å². The van der Waals surface area contributed by atoms with Gasteiger partial charge in [-0.2, -0.15) is 0 Å². The molecule has 2 aromatic rings. The topological polar surface area (TPSA) is 101 Å². The summed E-state index contributed by atoms with van der Waals surface area (Å²) in [4.78, 5) is 40.3. The third-order valence-corrected chi connectivity index (χ3v) is 4.19. The molecule has 2 aromatic heterocycles. The Kier molecular flexibility index (Phi) is 4.37. The van der Waals surface area contributed by atoms with E-state index in [-0.39, 0.29) is 18.5 Å². The van der Waals surface area contributed by atoms with Gasteiger partial charge < -0.3 is 10.4 Å². The minimum atomic E-state index is -0.920. The SMILES string of the molecule is Cc1sc2ncc(C(=O)NCCCC(=O)O)c(=O)n2c1C. The number of carbonyl (C=O) groups excluding carboxylic acids is 1. The molecule has 8 heteroatoms. The molecule has 2 heterocycles. The molecule has 0 atom stereocenters. The van der Waals surface area contributed by atoms with Crippen LogP contribution >= 0.6 is 11.3 Å². The number of carboxylic acids is 1. The van der Waals surface area contributed by atoms with Crippen LogP contribution in [0.25, 0.3) is 4.96 Å². The van der Waals surface area contributed by atoms with Crippen molar-refractivity contribution < 1.29 is 14.7 Å². The number of amides is 1. The maximum atomic E-state index is 12.3. The first kappa shape index (κ1) is 15.2. The molecular formula is C13H15N3O4S. The van der Waals surface area contributed by atoms with Crippen LogP contribution in [0.2, 0.25) is 0 Å². The van der Waals surface area contributed by atoms with Crippen LogP contribution in [-0.2, 0) is 4.79 Å². The Morgan fingerprint density at radius 3 is 2.81 bits per heavy atom. The number of thiazole rings is 1. The summed E-state index contributed by atoms with van der Waals surface area (Å²) in [6.45, 7) is 3.89. The number of aryl methyl sites for hydroxylation is 2. The molecule has 0 fully saturated rings. The van der Waals surface area contributed by atoms with Gasteiger partial charge in [0, 0.05) is 29.7 Å². The number of aliphatic carboxylic acids is 1. The standard InChI is InChI=1S/C13H15N3O4S/c1-7-8(2)21-13-15-6-9(12(20)16(7)13)11(19)14-5-3-4-10(17)18/h6H,3-5H2,1-2H3,(H,14,19)(H,17,18). The molecule has 21 heavy (non-hydrogen) atoms. The van der Waals surface area contributed by atoms with Crippen LogP contribution in [-0.4, -0.2) is 32.9 Å². The van der Waals surface area contributed by atoms with Crippen LogP contribution < -0.4 is 10.9 Å². The van der Waals surface area contributed by atoms with E-state index in [1.54, 1.807) is 6.92 Å². The predicted molar refractivity (Wildman–Crippen MR) is 78.0 cm³/mol. The largest absolute Gasteiger partial charge is 0.481 e. The van der Waals surface area contributed by atoms with E-state index in [2.05, 4.69) is 10.3 Å². The summed E-state index contributed by atoms with van der Waals surface area (Å²) in [5.41, 5.74) is 0.328. The molecule has 0 aliphatic heterocycles. The quantitative estimate of drug-likeness (QED) is 0.801. The number of nitrogens with zero attached hydrogens (tertiary/aromatic N) is 2. The van der Waals surface area contributed by atoms with Crippen LogP contribution in [0.3, 0.4) is 0 Å². The number of hydrogen-bond acceptors (Lipinski definition) is 5. The van der Waals surface area contributed by atoms with Crippen molar-refractivity contribution in [2.45, 2.75) is 26.7 Å². The van der Waals surface area contributed by atoms with Crippen molar-refractivity contribution in [1.82, 2.24) is 14.7 Å². The molecule has 2 N–H and O–H groups in total. The van der Waals surface area contributed by atoms with Crippen LogP contribution in [0.15, 0.2) is 11.0 Å². The first-order valence-corrected chi connectivity index (χ1v) is 7.21. The molecule has 0 unspecified atom stereocenters. The third kappa shape index (κ3) is 3.10. The molecule has 0 aromatic carbocycles. The normalized spacial score (nSPS) is 10.8. The molecule has 1 amide bonds. The van der Waals surface area contributed by atoms with Gasteiger partial charge in [0.1, 0.15) is 5.56 Å². The van der Waals surface area contributed by atoms with Crippen LogP contribution in [0.4, 0.5) is 0 Å². The second kappa shape index (κ2) is 6.04. The first-order valence-electron chi connectivity index (χ1n) is 6.39. The van der Waals surface area contributed by atoms with Gasteiger partial charge in [-0.15, -0.1) is 11.3 Å². The van der Waals surface area contributed by atoms with Gasteiger partial charge in [-0.25, -0.2) is 4.98 Å². The fourth-order valence-electron chi connectivity index (χ4n) is 1.87. The van der Waals surface area contributed by atoms with Crippen LogP contribution in [0, 0.1) is 13.8 Å². The summed E-state index contributed by atoms with van der Waals surface area (Å²) >= 11 is 1.39. The highest BCUT2D eigenvalue weighted by molar-refractivity contribution is 7.17.